The predicted octanol–water partition coefficient (Wildman–Crippen LogP) is 3.53. The van der Waals surface area contributed by atoms with Gasteiger partial charge in [-0.1, -0.05) is 5.16 Å². The standard InChI is InChI=1S/C24H26N4O4/c1-30-19-5-3-8-27(15-19)10-11-31-18-6-7-23-20(13-18)21(26-29)14-24(32-23)22-12-17-4-2-9-28(17)16-25-22/h2,4,6-7,9,12-14,16,19,29H,3,5,8,10-11,15H2,1H3. The Morgan fingerprint density at radius 3 is 3.06 bits per heavy atom. The molecular formula is C24H26N4O4. The molecule has 1 saturated heterocycles. The third-order valence-electron chi connectivity index (χ3n) is 5.96. The molecule has 4 heterocycles. The van der Waals surface area contributed by atoms with Crippen LogP contribution in [0.25, 0.3) is 27.9 Å². The normalized spacial score (nSPS) is 17.9. The highest BCUT2D eigenvalue weighted by atomic mass is 16.5. The Labute approximate surface area is 185 Å². The number of likely N-dealkylation sites (tertiary alicyclic amines) is 1. The van der Waals surface area contributed by atoms with E-state index >= 15 is 0 Å². The van der Waals surface area contributed by atoms with Crippen LogP contribution in [0.4, 0.5) is 0 Å². The number of rotatable bonds is 6. The minimum Gasteiger partial charge on any atom is -0.492 e. The van der Waals surface area contributed by atoms with Crippen LogP contribution in [-0.4, -0.2) is 58.9 Å². The van der Waals surface area contributed by atoms with Gasteiger partial charge in [-0.3, -0.25) is 4.90 Å². The fraction of sp³-hybridized carbons (Fsp3) is 0.333. The van der Waals surface area contributed by atoms with Crippen molar-refractivity contribution in [1.82, 2.24) is 14.3 Å². The summed E-state index contributed by atoms with van der Waals surface area (Å²) in [6, 6.07) is 13.1. The smallest absolute Gasteiger partial charge is 0.155 e. The second-order valence-corrected chi connectivity index (χ2v) is 8.02. The van der Waals surface area contributed by atoms with Crippen molar-refractivity contribution in [2.75, 3.05) is 33.4 Å². The summed E-state index contributed by atoms with van der Waals surface area (Å²) < 4.78 is 19.5. The average Bonchev–Trinajstić information content (AvgIpc) is 3.31. The highest BCUT2D eigenvalue weighted by Gasteiger charge is 2.19. The third kappa shape index (κ3) is 4.19. The van der Waals surface area contributed by atoms with Crippen molar-refractivity contribution in [1.29, 1.82) is 0 Å². The second kappa shape index (κ2) is 9.02. The molecule has 4 aromatic rings. The Morgan fingerprint density at radius 1 is 1.25 bits per heavy atom. The molecule has 0 saturated carbocycles. The van der Waals surface area contributed by atoms with Crippen molar-refractivity contribution in [3.05, 3.63) is 60.3 Å². The molecule has 3 aromatic heterocycles. The molecule has 8 nitrogen and oxygen atoms in total. The molecule has 5 rings (SSSR count). The van der Waals surface area contributed by atoms with Crippen LogP contribution in [0.5, 0.6) is 5.75 Å². The minimum absolute atomic E-state index is 0.307. The fourth-order valence-corrected chi connectivity index (χ4v) is 4.22. The van der Waals surface area contributed by atoms with Crippen LogP contribution in [0, 0.1) is 0 Å². The SMILES string of the molecule is COC1CCCN(CCOc2ccc3oc(-c4cc5cccn5cn4)cc(=NO)c3c2)C1. The summed E-state index contributed by atoms with van der Waals surface area (Å²) in [6.45, 7) is 3.42. The minimum atomic E-state index is 0.307. The van der Waals surface area contributed by atoms with Gasteiger partial charge in [-0.15, -0.1) is 0 Å². The van der Waals surface area contributed by atoms with Gasteiger partial charge in [-0.2, -0.15) is 0 Å². The summed E-state index contributed by atoms with van der Waals surface area (Å²) in [4.78, 5) is 6.82. The number of nitrogens with zero attached hydrogens (tertiary/aromatic N) is 4. The molecule has 1 N–H and O–H groups in total. The molecule has 1 aliphatic heterocycles. The van der Waals surface area contributed by atoms with Crippen LogP contribution in [0.1, 0.15) is 12.8 Å². The van der Waals surface area contributed by atoms with Crippen molar-refractivity contribution in [2.45, 2.75) is 18.9 Å². The third-order valence-corrected chi connectivity index (χ3v) is 5.96. The van der Waals surface area contributed by atoms with E-state index in [1.807, 2.05) is 47.0 Å². The molecule has 1 fully saturated rings. The second-order valence-electron chi connectivity index (χ2n) is 8.02. The zero-order valence-corrected chi connectivity index (χ0v) is 18.0. The Kier molecular flexibility index (Phi) is 5.79. The van der Waals surface area contributed by atoms with Crippen molar-refractivity contribution in [3.8, 4) is 17.2 Å². The van der Waals surface area contributed by atoms with E-state index in [-0.39, 0.29) is 0 Å². The Hall–Kier alpha value is -3.36. The lowest BCUT2D eigenvalue weighted by atomic mass is 10.1. The molecular weight excluding hydrogens is 408 g/mol. The maximum Gasteiger partial charge on any atom is 0.155 e. The number of hydrogen-bond acceptors (Lipinski definition) is 7. The van der Waals surface area contributed by atoms with E-state index in [1.54, 1.807) is 19.5 Å². The molecule has 0 bridgehead atoms. The summed E-state index contributed by atoms with van der Waals surface area (Å²) >= 11 is 0. The first-order chi connectivity index (χ1) is 15.7. The van der Waals surface area contributed by atoms with Crippen LogP contribution in [0.2, 0.25) is 0 Å². The van der Waals surface area contributed by atoms with E-state index in [2.05, 4.69) is 15.0 Å². The molecule has 1 aromatic carbocycles. The average molecular weight is 434 g/mol. The molecule has 0 aliphatic carbocycles. The zero-order chi connectivity index (χ0) is 21.9. The summed E-state index contributed by atoms with van der Waals surface area (Å²) in [5.41, 5.74) is 2.26. The maximum absolute atomic E-state index is 9.63. The summed E-state index contributed by atoms with van der Waals surface area (Å²) in [5, 5.41) is 14.2. The summed E-state index contributed by atoms with van der Waals surface area (Å²) in [6.07, 6.45) is 6.23. The molecule has 32 heavy (non-hydrogen) atoms. The van der Waals surface area contributed by atoms with Crippen molar-refractivity contribution in [2.24, 2.45) is 5.16 Å². The van der Waals surface area contributed by atoms with Crippen molar-refractivity contribution in [3.63, 3.8) is 0 Å². The van der Waals surface area contributed by atoms with Gasteiger partial charge in [0.15, 0.2) is 5.76 Å². The largest absolute Gasteiger partial charge is 0.492 e. The monoisotopic (exact) mass is 434 g/mol. The number of benzene rings is 1. The van der Waals surface area contributed by atoms with Gasteiger partial charge in [0.1, 0.15) is 29.0 Å². The lowest BCUT2D eigenvalue weighted by Gasteiger charge is -2.31. The van der Waals surface area contributed by atoms with Crippen LogP contribution >= 0.6 is 0 Å². The molecule has 166 valence electrons. The number of fused-ring (bicyclic) bond motifs is 2. The quantitative estimate of drug-likeness (QED) is 0.369. The van der Waals surface area contributed by atoms with E-state index in [0.717, 1.165) is 38.0 Å². The lowest BCUT2D eigenvalue weighted by Crippen LogP contribution is -2.41. The number of piperidine rings is 1. The van der Waals surface area contributed by atoms with Crippen molar-refractivity contribution < 1.29 is 19.1 Å². The molecule has 0 amide bonds. The molecule has 1 unspecified atom stereocenters. The molecule has 0 spiro atoms. The number of hydrogen-bond donors (Lipinski definition) is 1. The first-order valence-electron chi connectivity index (χ1n) is 10.8. The van der Waals surface area contributed by atoms with Gasteiger partial charge in [0, 0.05) is 38.0 Å². The van der Waals surface area contributed by atoms with E-state index in [9.17, 15) is 5.21 Å². The van der Waals surface area contributed by atoms with Crippen molar-refractivity contribution >= 4 is 16.5 Å². The first kappa shape index (κ1) is 20.5. The topological polar surface area (TPSA) is 84.7 Å². The number of ether oxygens (including phenoxy) is 2. The first-order valence-corrected chi connectivity index (χ1v) is 10.8. The summed E-state index contributed by atoms with van der Waals surface area (Å²) in [7, 11) is 1.77. The van der Waals surface area contributed by atoms with Gasteiger partial charge < -0.3 is 23.5 Å². The Bertz CT molecular complexity index is 1300. The van der Waals surface area contributed by atoms with E-state index < -0.39 is 0 Å². The molecule has 1 atom stereocenters. The Balaban J connectivity index is 1.35. The fourth-order valence-electron chi connectivity index (χ4n) is 4.22. The zero-order valence-electron chi connectivity index (χ0n) is 18.0. The van der Waals surface area contributed by atoms with Gasteiger partial charge in [0.2, 0.25) is 0 Å². The van der Waals surface area contributed by atoms with Crippen LogP contribution < -0.4 is 10.1 Å². The molecule has 0 radical (unpaired) electrons. The van der Waals surface area contributed by atoms with Gasteiger partial charge in [-0.25, -0.2) is 4.98 Å². The number of aromatic nitrogens is 2. The Morgan fingerprint density at radius 2 is 2.19 bits per heavy atom. The highest BCUT2D eigenvalue weighted by Crippen LogP contribution is 2.24. The summed E-state index contributed by atoms with van der Waals surface area (Å²) in [5.74, 6) is 1.24. The van der Waals surface area contributed by atoms with E-state index in [0.29, 0.717) is 46.2 Å². The van der Waals surface area contributed by atoms with Gasteiger partial charge >= 0.3 is 0 Å². The molecule has 1 aliphatic rings. The van der Waals surface area contributed by atoms with Gasteiger partial charge in [-0.05, 0) is 55.8 Å². The number of methoxy groups -OCH3 is 1. The van der Waals surface area contributed by atoms with Crippen LogP contribution in [0.3, 0.4) is 0 Å². The maximum atomic E-state index is 9.63. The highest BCUT2D eigenvalue weighted by molar-refractivity contribution is 5.80. The predicted molar refractivity (Wildman–Crippen MR) is 120 cm³/mol. The van der Waals surface area contributed by atoms with Gasteiger partial charge in [0.05, 0.1) is 17.8 Å². The van der Waals surface area contributed by atoms with E-state index in [4.69, 9.17) is 13.9 Å². The molecule has 8 heteroatoms. The van der Waals surface area contributed by atoms with Crippen LogP contribution in [-0.2, 0) is 4.74 Å². The van der Waals surface area contributed by atoms with Crippen LogP contribution in [0.15, 0.2) is 64.6 Å². The van der Waals surface area contributed by atoms with E-state index in [1.165, 1.54) is 0 Å². The lowest BCUT2D eigenvalue weighted by molar-refractivity contribution is 0.0272. The van der Waals surface area contributed by atoms with Gasteiger partial charge in [0.25, 0.3) is 0 Å².